The van der Waals surface area contributed by atoms with Gasteiger partial charge < -0.3 is 19.0 Å². The van der Waals surface area contributed by atoms with E-state index >= 15 is 0 Å². The molecule has 0 N–H and O–H groups in total. The van der Waals surface area contributed by atoms with Crippen LogP contribution < -0.4 is 4.74 Å². The summed E-state index contributed by atoms with van der Waals surface area (Å²) in [6, 6.07) is 10.2. The van der Waals surface area contributed by atoms with Crippen LogP contribution in [0.4, 0.5) is 0 Å². The summed E-state index contributed by atoms with van der Waals surface area (Å²) in [5.41, 5.74) is 5.61. The van der Waals surface area contributed by atoms with Crippen molar-refractivity contribution in [3.8, 4) is 16.9 Å². The Morgan fingerprint density at radius 2 is 1.97 bits per heavy atom. The van der Waals surface area contributed by atoms with Crippen molar-refractivity contribution >= 4 is 38.4 Å². The van der Waals surface area contributed by atoms with Crippen LogP contribution in [-0.2, 0) is 4.79 Å². The third-order valence-electron chi connectivity index (χ3n) is 6.28. The van der Waals surface area contributed by atoms with Crippen LogP contribution in [0.25, 0.3) is 27.7 Å². The van der Waals surface area contributed by atoms with Gasteiger partial charge in [-0.25, -0.2) is 0 Å². The number of nitrogens with zero attached hydrogens (tertiary/aromatic N) is 2. The molecular weight excluding hydrogens is 468 g/mol. The van der Waals surface area contributed by atoms with Gasteiger partial charge in [-0.15, -0.1) is 0 Å². The van der Waals surface area contributed by atoms with Gasteiger partial charge in [0.2, 0.25) is 5.91 Å². The number of likely N-dealkylation sites (N-methyl/N-ethyl adjacent to an activating group) is 1. The lowest BCUT2D eigenvalue weighted by molar-refractivity contribution is -0.127. The van der Waals surface area contributed by atoms with E-state index in [-0.39, 0.29) is 5.91 Å². The Balaban J connectivity index is 1.73. The number of rotatable bonds is 5. The average molecular weight is 497 g/mol. The van der Waals surface area contributed by atoms with Gasteiger partial charge in [0.05, 0.1) is 13.4 Å². The van der Waals surface area contributed by atoms with Crippen LogP contribution in [0.15, 0.2) is 51.6 Å². The second kappa shape index (κ2) is 9.51. The van der Waals surface area contributed by atoms with Crippen molar-refractivity contribution < 1.29 is 13.9 Å². The van der Waals surface area contributed by atoms with E-state index in [0.29, 0.717) is 0 Å². The molecule has 4 rings (SSSR count). The predicted molar refractivity (Wildman–Crippen MR) is 133 cm³/mol. The second-order valence-corrected chi connectivity index (χ2v) is 9.12. The Bertz CT molecular complexity index is 1170. The lowest BCUT2D eigenvalue weighted by Gasteiger charge is -2.33. The highest BCUT2D eigenvalue weighted by atomic mass is 79.9. The standard InChI is InChI=1S/C26H29BrN2O3/c1-5-28-9-11-29(12-10-28)24(30)13-17(2)21-15-22-23(19-7-6-8-20(27)14-19)16-32-26(22)18(3)25(21)31-4/h6-8,13-16H,5,9-12H2,1-4H3/b17-13+. The molecule has 0 aliphatic carbocycles. The Kier molecular flexibility index (Phi) is 6.72. The van der Waals surface area contributed by atoms with Crippen LogP contribution in [0, 0.1) is 6.92 Å². The molecule has 1 aliphatic heterocycles. The van der Waals surface area contributed by atoms with Crippen molar-refractivity contribution in [1.82, 2.24) is 9.80 Å². The molecule has 3 aromatic rings. The fourth-order valence-corrected chi connectivity index (χ4v) is 4.79. The molecule has 1 aliphatic rings. The summed E-state index contributed by atoms with van der Waals surface area (Å²) in [5, 5.41) is 1.01. The number of allylic oxidation sites excluding steroid dienone is 1. The van der Waals surface area contributed by atoms with Crippen LogP contribution in [0.2, 0.25) is 0 Å². The highest BCUT2D eigenvalue weighted by Gasteiger charge is 2.21. The third-order valence-corrected chi connectivity index (χ3v) is 6.77. The minimum absolute atomic E-state index is 0.0532. The first kappa shape index (κ1) is 22.6. The van der Waals surface area contributed by atoms with Gasteiger partial charge in [0.1, 0.15) is 11.3 Å². The molecule has 6 heteroatoms. The fourth-order valence-electron chi connectivity index (χ4n) is 4.39. The number of benzene rings is 2. The van der Waals surface area contributed by atoms with Crippen molar-refractivity contribution in [2.24, 2.45) is 0 Å². The first-order valence-corrected chi connectivity index (χ1v) is 11.8. The van der Waals surface area contributed by atoms with E-state index in [2.05, 4.69) is 46.0 Å². The number of methoxy groups -OCH3 is 1. The van der Waals surface area contributed by atoms with E-state index < -0.39 is 0 Å². The lowest BCUT2D eigenvalue weighted by Crippen LogP contribution is -2.48. The summed E-state index contributed by atoms with van der Waals surface area (Å²) in [6.07, 6.45) is 3.53. The maximum atomic E-state index is 13.0. The highest BCUT2D eigenvalue weighted by Crippen LogP contribution is 2.41. The summed E-state index contributed by atoms with van der Waals surface area (Å²) < 4.78 is 12.7. The third kappa shape index (κ3) is 4.34. The van der Waals surface area contributed by atoms with Gasteiger partial charge in [-0.3, -0.25) is 4.79 Å². The molecule has 32 heavy (non-hydrogen) atoms. The van der Waals surface area contributed by atoms with E-state index in [0.717, 1.165) is 81.7 Å². The molecule has 2 heterocycles. The number of aryl methyl sites for hydroxylation is 1. The number of halogens is 1. The number of ether oxygens (including phenoxy) is 1. The van der Waals surface area contributed by atoms with Crippen LogP contribution in [0.1, 0.15) is 25.0 Å². The van der Waals surface area contributed by atoms with Crippen molar-refractivity contribution in [2.45, 2.75) is 20.8 Å². The first-order valence-electron chi connectivity index (χ1n) is 11.0. The maximum Gasteiger partial charge on any atom is 0.246 e. The van der Waals surface area contributed by atoms with Gasteiger partial charge in [0, 0.05) is 58.8 Å². The topological polar surface area (TPSA) is 45.9 Å². The number of fused-ring (bicyclic) bond motifs is 1. The summed E-state index contributed by atoms with van der Waals surface area (Å²) in [5.74, 6) is 0.794. The van der Waals surface area contributed by atoms with Gasteiger partial charge in [-0.1, -0.05) is 35.0 Å². The Labute approximate surface area is 197 Å². The number of hydrogen-bond donors (Lipinski definition) is 0. The molecule has 0 atom stereocenters. The van der Waals surface area contributed by atoms with Crippen LogP contribution in [-0.4, -0.2) is 55.5 Å². The van der Waals surface area contributed by atoms with Crippen LogP contribution in [0.3, 0.4) is 0 Å². The SMILES string of the molecule is CCN1CCN(C(=O)/C=C(\C)c2cc3c(-c4cccc(Br)c4)coc3c(C)c2OC)CC1. The van der Waals surface area contributed by atoms with E-state index in [1.54, 1.807) is 19.4 Å². The van der Waals surface area contributed by atoms with Crippen molar-refractivity contribution in [1.29, 1.82) is 0 Å². The zero-order valence-corrected chi connectivity index (χ0v) is 20.7. The minimum atomic E-state index is 0.0532. The lowest BCUT2D eigenvalue weighted by atomic mass is 9.96. The molecule has 1 amide bonds. The van der Waals surface area contributed by atoms with Crippen molar-refractivity contribution in [3.63, 3.8) is 0 Å². The predicted octanol–water partition coefficient (Wildman–Crippen LogP) is 5.75. The number of carbonyl (C=O) groups excluding carboxylic acids is 1. The summed E-state index contributed by atoms with van der Waals surface area (Å²) in [4.78, 5) is 17.3. The second-order valence-electron chi connectivity index (χ2n) is 8.21. The van der Waals surface area contributed by atoms with Crippen molar-refractivity contribution in [3.05, 3.63) is 58.3 Å². The van der Waals surface area contributed by atoms with Crippen molar-refractivity contribution in [2.75, 3.05) is 39.8 Å². The van der Waals surface area contributed by atoms with E-state index in [4.69, 9.17) is 9.15 Å². The number of carbonyl (C=O) groups is 1. The maximum absolute atomic E-state index is 13.0. The number of amides is 1. The molecule has 0 spiro atoms. The smallest absolute Gasteiger partial charge is 0.246 e. The van der Waals surface area contributed by atoms with E-state index in [9.17, 15) is 4.79 Å². The van der Waals surface area contributed by atoms with Gasteiger partial charge in [0.25, 0.3) is 0 Å². The molecule has 1 saturated heterocycles. The molecule has 168 valence electrons. The van der Waals surface area contributed by atoms with Gasteiger partial charge in [0.15, 0.2) is 0 Å². The highest BCUT2D eigenvalue weighted by molar-refractivity contribution is 9.10. The van der Waals surface area contributed by atoms with E-state index in [1.807, 2.05) is 30.9 Å². The molecular formula is C26H29BrN2O3. The quantitative estimate of drug-likeness (QED) is 0.422. The minimum Gasteiger partial charge on any atom is -0.496 e. The summed E-state index contributed by atoms with van der Waals surface area (Å²) in [6.45, 7) is 10.5. The molecule has 0 radical (unpaired) electrons. The molecule has 5 nitrogen and oxygen atoms in total. The first-order chi connectivity index (χ1) is 15.4. The molecule has 1 aromatic heterocycles. The largest absolute Gasteiger partial charge is 0.496 e. The number of furan rings is 1. The van der Waals surface area contributed by atoms with Gasteiger partial charge >= 0.3 is 0 Å². The zero-order chi connectivity index (χ0) is 22.8. The summed E-state index contributed by atoms with van der Waals surface area (Å²) >= 11 is 3.56. The van der Waals surface area contributed by atoms with Crippen LogP contribution in [0.5, 0.6) is 5.75 Å². The monoisotopic (exact) mass is 496 g/mol. The zero-order valence-electron chi connectivity index (χ0n) is 19.1. The number of hydrogen-bond acceptors (Lipinski definition) is 4. The number of piperazine rings is 1. The summed E-state index contributed by atoms with van der Waals surface area (Å²) in [7, 11) is 1.66. The molecule has 0 bridgehead atoms. The van der Waals surface area contributed by atoms with Crippen LogP contribution >= 0.6 is 15.9 Å². The molecule has 2 aromatic carbocycles. The molecule has 0 saturated carbocycles. The normalized spacial score (nSPS) is 15.4. The van der Waals surface area contributed by atoms with E-state index in [1.165, 1.54) is 0 Å². The molecule has 1 fully saturated rings. The van der Waals surface area contributed by atoms with Gasteiger partial charge in [-0.05, 0) is 49.7 Å². The molecule has 0 unspecified atom stereocenters. The Hall–Kier alpha value is -2.57. The fraction of sp³-hybridized carbons (Fsp3) is 0.346. The Morgan fingerprint density at radius 1 is 1.22 bits per heavy atom. The van der Waals surface area contributed by atoms with Gasteiger partial charge in [-0.2, -0.15) is 0 Å². The Morgan fingerprint density at radius 3 is 2.62 bits per heavy atom. The average Bonchev–Trinajstić information content (AvgIpc) is 3.23.